The van der Waals surface area contributed by atoms with Gasteiger partial charge in [0.25, 0.3) is 0 Å². The topological polar surface area (TPSA) is 77.2 Å². The molecular weight excluding hydrogens is 398 g/mol. The number of aryl methyl sites for hydroxylation is 1. The summed E-state index contributed by atoms with van der Waals surface area (Å²) < 4.78 is 10.3. The van der Waals surface area contributed by atoms with Gasteiger partial charge in [0.15, 0.2) is 5.16 Å². The number of hydrogen-bond acceptors (Lipinski definition) is 7. The summed E-state index contributed by atoms with van der Waals surface area (Å²) in [7, 11) is 0. The fraction of sp³-hybridized carbons (Fsp3) is 0.0870. The lowest BCUT2D eigenvalue weighted by Gasteiger charge is -2.09. The van der Waals surface area contributed by atoms with Crippen LogP contribution in [0.25, 0.3) is 0 Å². The molecular formula is C23H19N3O3S. The van der Waals surface area contributed by atoms with Crippen LogP contribution in [0.3, 0.4) is 0 Å². The molecule has 2 heterocycles. The summed E-state index contributed by atoms with van der Waals surface area (Å²) in [6.45, 7) is 1.94. The van der Waals surface area contributed by atoms with E-state index in [4.69, 9.17) is 9.15 Å². The number of thioether (sulfide) groups is 1. The number of anilines is 2. The molecule has 0 spiro atoms. The smallest absolute Gasteiger partial charge is 0.379 e. The number of esters is 1. The first kappa shape index (κ1) is 19.7. The maximum Gasteiger partial charge on any atom is 0.379 e. The predicted molar refractivity (Wildman–Crippen MR) is 116 cm³/mol. The van der Waals surface area contributed by atoms with Crippen molar-refractivity contribution in [3.8, 4) is 5.75 Å². The van der Waals surface area contributed by atoms with Gasteiger partial charge in [-0.2, -0.15) is 0 Å². The lowest BCUT2D eigenvalue weighted by Crippen LogP contribution is -2.07. The molecule has 0 amide bonds. The number of aromatic nitrogens is 2. The van der Waals surface area contributed by atoms with Crippen LogP contribution in [0.4, 0.5) is 11.5 Å². The maximum atomic E-state index is 11.9. The van der Waals surface area contributed by atoms with Crippen LogP contribution >= 0.6 is 11.8 Å². The van der Waals surface area contributed by atoms with Gasteiger partial charge in [-0.15, -0.1) is 0 Å². The van der Waals surface area contributed by atoms with Crippen molar-refractivity contribution in [1.82, 2.24) is 9.97 Å². The number of ether oxygens (including phenoxy) is 1. The van der Waals surface area contributed by atoms with E-state index in [-0.39, 0.29) is 5.76 Å². The summed E-state index contributed by atoms with van der Waals surface area (Å²) >= 11 is 1.59. The van der Waals surface area contributed by atoms with Crippen molar-refractivity contribution in [2.24, 2.45) is 0 Å². The Morgan fingerprint density at radius 3 is 2.57 bits per heavy atom. The van der Waals surface area contributed by atoms with Gasteiger partial charge in [-0.3, -0.25) is 0 Å². The first-order valence-corrected chi connectivity index (χ1v) is 10.3. The minimum absolute atomic E-state index is 0.161. The predicted octanol–water partition coefficient (Wildman–Crippen LogP) is 5.63. The second-order valence-corrected chi connectivity index (χ2v) is 7.41. The standard InChI is InChI=1S/C23H19N3O3S/c1-16-14-21(26-23(24-16)30-15-17-6-3-2-4-7-17)25-18-9-11-19(12-10-18)29-22(27)20-8-5-13-28-20/h2-14H,15H2,1H3,(H,24,25,26). The van der Waals surface area contributed by atoms with E-state index in [1.54, 1.807) is 36.0 Å². The summed E-state index contributed by atoms with van der Waals surface area (Å²) in [6.07, 6.45) is 1.43. The zero-order valence-corrected chi connectivity index (χ0v) is 17.1. The molecule has 0 unspecified atom stereocenters. The third-order valence-electron chi connectivity index (χ3n) is 4.10. The molecule has 4 rings (SSSR count). The van der Waals surface area contributed by atoms with Crippen LogP contribution in [0.15, 0.2) is 88.6 Å². The Labute approximate surface area is 178 Å². The minimum Gasteiger partial charge on any atom is -0.457 e. The van der Waals surface area contributed by atoms with Crippen LogP contribution in [-0.4, -0.2) is 15.9 Å². The van der Waals surface area contributed by atoms with Gasteiger partial charge < -0.3 is 14.5 Å². The summed E-state index contributed by atoms with van der Waals surface area (Å²) in [6, 6.07) is 22.4. The Bertz CT molecular complexity index is 1110. The highest BCUT2D eigenvalue weighted by atomic mass is 32.2. The Kier molecular flexibility index (Phi) is 6.10. The number of furan rings is 1. The largest absolute Gasteiger partial charge is 0.457 e. The second-order valence-electron chi connectivity index (χ2n) is 6.47. The van der Waals surface area contributed by atoms with Gasteiger partial charge >= 0.3 is 5.97 Å². The van der Waals surface area contributed by atoms with Crippen molar-refractivity contribution in [2.75, 3.05) is 5.32 Å². The molecule has 30 heavy (non-hydrogen) atoms. The van der Waals surface area contributed by atoms with E-state index < -0.39 is 5.97 Å². The molecule has 0 aliphatic carbocycles. The number of benzene rings is 2. The zero-order valence-electron chi connectivity index (χ0n) is 16.2. The highest BCUT2D eigenvalue weighted by Gasteiger charge is 2.11. The van der Waals surface area contributed by atoms with E-state index in [1.807, 2.05) is 43.3 Å². The van der Waals surface area contributed by atoms with E-state index in [9.17, 15) is 4.79 Å². The fourth-order valence-corrected chi connectivity index (χ4v) is 3.56. The highest BCUT2D eigenvalue weighted by molar-refractivity contribution is 7.98. The second kappa shape index (κ2) is 9.28. The molecule has 150 valence electrons. The van der Waals surface area contributed by atoms with Gasteiger partial charge in [0, 0.05) is 23.2 Å². The molecule has 0 aliphatic rings. The molecule has 4 aromatic rings. The molecule has 6 nitrogen and oxygen atoms in total. The molecule has 0 saturated carbocycles. The third kappa shape index (κ3) is 5.27. The monoisotopic (exact) mass is 417 g/mol. The van der Waals surface area contributed by atoms with Crippen LogP contribution in [-0.2, 0) is 5.75 Å². The molecule has 2 aromatic carbocycles. The lowest BCUT2D eigenvalue weighted by molar-refractivity contribution is 0.0701. The Morgan fingerprint density at radius 2 is 1.83 bits per heavy atom. The van der Waals surface area contributed by atoms with Crippen molar-refractivity contribution in [1.29, 1.82) is 0 Å². The number of rotatable bonds is 7. The van der Waals surface area contributed by atoms with E-state index in [0.29, 0.717) is 16.7 Å². The SMILES string of the molecule is Cc1cc(Nc2ccc(OC(=O)c3ccco3)cc2)nc(SCc2ccccc2)n1. The van der Waals surface area contributed by atoms with Crippen LogP contribution < -0.4 is 10.1 Å². The number of hydrogen-bond donors (Lipinski definition) is 1. The van der Waals surface area contributed by atoms with Crippen molar-refractivity contribution in [3.63, 3.8) is 0 Å². The van der Waals surface area contributed by atoms with Gasteiger partial charge in [0.1, 0.15) is 11.6 Å². The Morgan fingerprint density at radius 1 is 1.03 bits per heavy atom. The van der Waals surface area contributed by atoms with Crippen molar-refractivity contribution < 1.29 is 13.9 Å². The summed E-state index contributed by atoms with van der Waals surface area (Å²) in [5, 5.41) is 3.98. The van der Waals surface area contributed by atoms with Crippen LogP contribution in [0.2, 0.25) is 0 Å². The van der Waals surface area contributed by atoms with Gasteiger partial charge in [0.05, 0.1) is 6.26 Å². The van der Waals surface area contributed by atoms with Gasteiger partial charge in [-0.25, -0.2) is 14.8 Å². The Hall–Kier alpha value is -3.58. The van der Waals surface area contributed by atoms with E-state index in [1.165, 1.54) is 11.8 Å². The first-order chi connectivity index (χ1) is 14.7. The van der Waals surface area contributed by atoms with E-state index in [0.717, 1.165) is 17.1 Å². The van der Waals surface area contributed by atoms with Crippen LogP contribution in [0, 0.1) is 6.92 Å². The third-order valence-corrected chi connectivity index (χ3v) is 5.02. The maximum absolute atomic E-state index is 11.9. The molecule has 1 N–H and O–H groups in total. The number of nitrogens with one attached hydrogen (secondary N) is 1. The Balaban J connectivity index is 1.39. The number of nitrogens with zero attached hydrogens (tertiary/aromatic N) is 2. The number of carbonyl (C=O) groups excluding carboxylic acids is 1. The molecule has 0 atom stereocenters. The average Bonchev–Trinajstić information content (AvgIpc) is 3.29. The van der Waals surface area contributed by atoms with Crippen LogP contribution in [0.5, 0.6) is 5.75 Å². The molecule has 0 radical (unpaired) electrons. The fourth-order valence-electron chi connectivity index (χ4n) is 2.70. The van der Waals surface area contributed by atoms with Crippen molar-refractivity contribution in [2.45, 2.75) is 17.8 Å². The number of carbonyl (C=O) groups is 1. The van der Waals surface area contributed by atoms with Gasteiger partial charge in [0.2, 0.25) is 5.76 Å². The molecule has 0 bridgehead atoms. The molecule has 0 fully saturated rings. The van der Waals surface area contributed by atoms with Crippen LogP contribution in [0.1, 0.15) is 21.8 Å². The summed E-state index contributed by atoms with van der Waals surface area (Å²) in [5.41, 5.74) is 2.93. The quantitative estimate of drug-likeness (QED) is 0.181. The highest BCUT2D eigenvalue weighted by Crippen LogP contribution is 2.24. The summed E-state index contributed by atoms with van der Waals surface area (Å²) in [4.78, 5) is 21.0. The van der Waals surface area contributed by atoms with Gasteiger partial charge in [-0.05, 0) is 48.9 Å². The zero-order chi connectivity index (χ0) is 20.8. The lowest BCUT2D eigenvalue weighted by atomic mass is 10.2. The normalized spacial score (nSPS) is 10.6. The van der Waals surface area contributed by atoms with Gasteiger partial charge in [-0.1, -0.05) is 42.1 Å². The molecule has 7 heteroatoms. The van der Waals surface area contributed by atoms with Crippen molar-refractivity contribution >= 4 is 29.2 Å². The molecule has 2 aromatic heterocycles. The molecule has 0 aliphatic heterocycles. The summed E-state index contributed by atoms with van der Waals surface area (Å²) in [5.74, 6) is 1.57. The van der Waals surface area contributed by atoms with E-state index in [2.05, 4.69) is 27.4 Å². The average molecular weight is 417 g/mol. The minimum atomic E-state index is -0.535. The molecule has 0 saturated heterocycles. The van der Waals surface area contributed by atoms with E-state index >= 15 is 0 Å². The van der Waals surface area contributed by atoms with Crippen molar-refractivity contribution in [3.05, 3.63) is 96.1 Å². The first-order valence-electron chi connectivity index (χ1n) is 9.31.